The highest BCUT2D eigenvalue weighted by Crippen LogP contribution is 2.04. The highest BCUT2D eigenvalue weighted by atomic mass is 35.5. The first-order valence-corrected chi connectivity index (χ1v) is 7.99. The van der Waals surface area contributed by atoms with Crippen molar-refractivity contribution in [2.45, 2.75) is 39.0 Å². The molecule has 3 N–H and O–H groups in total. The average molecular weight is 358 g/mol. The van der Waals surface area contributed by atoms with Crippen molar-refractivity contribution in [2.75, 3.05) is 45.9 Å². The third kappa shape index (κ3) is 12.5. The van der Waals surface area contributed by atoms with E-state index < -0.39 is 0 Å². The van der Waals surface area contributed by atoms with Gasteiger partial charge in [-0.1, -0.05) is 19.8 Å². The molecule has 22 heavy (non-hydrogen) atoms. The Hall–Kier alpha value is -0.0700. The first-order valence-electron chi connectivity index (χ1n) is 7.99. The van der Waals surface area contributed by atoms with E-state index in [1.165, 1.54) is 0 Å². The predicted molar refractivity (Wildman–Crippen MR) is 96.1 cm³/mol. The summed E-state index contributed by atoms with van der Waals surface area (Å²) < 4.78 is 5.33. The topological polar surface area (TPSA) is 67.6 Å². The van der Waals surface area contributed by atoms with Crippen molar-refractivity contribution in [3.8, 4) is 0 Å². The molecule has 0 aliphatic carbocycles. The summed E-state index contributed by atoms with van der Waals surface area (Å²) in [7, 11) is 0. The normalized spacial score (nSPS) is 16.3. The van der Waals surface area contributed by atoms with E-state index in [0.717, 1.165) is 71.6 Å². The number of ether oxygens (including phenoxy) is 1. The van der Waals surface area contributed by atoms with Crippen molar-refractivity contribution in [3.63, 3.8) is 0 Å². The molecule has 1 amide bonds. The zero-order valence-electron chi connectivity index (χ0n) is 13.7. The predicted octanol–water partition coefficient (Wildman–Crippen LogP) is 1.82. The maximum absolute atomic E-state index is 11.7. The molecule has 5 nitrogen and oxygen atoms in total. The molecule has 1 heterocycles. The minimum Gasteiger partial charge on any atom is -0.379 e. The van der Waals surface area contributed by atoms with Crippen molar-refractivity contribution >= 4 is 30.7 Å². The average Bonchev–Trinajstić information content (AvgIpc) is 2.46. The van der Waals surface area contributed by atoms with Crippen molar-refractivity contribution in [3.05, 3.63) is 0 Å². The van der Waals surface area contributed by atoms with Crippen molar-refractivity contribution in [1.29, 1.82) is 0 Å². The van der Waals surface area contributed by atoms with Gasteiger partial charge >= 0.3 is 0 Å². The Labute approximate surface area is 147 Å². The smallest absolute Gasteiger partial charge is 0.220 e. The molecule has 1 aliphatic rings. The summed E-state index contributed by atoms with van der Waals surface area (Å²) in [6, 6.07) is 0. The summed E-state index contributed by atoms with van der Waals surface area (Å²) >= 11 is 0. The number of amides is 1. The summed E-state index contributed by atoms with van der Waals surface area (Å²) in [4.78, 5) is 14.1. The van der Waals surface area contributed by atoms with E-state index in [-0.39, 0.29) is 30.7 Å². The zero-order chi connectivity index (χ0) is 14.6. The zero-order valence-corrected chi connectivity index (χ0v) is 15.4. The molecule has 0 bridgehead atoms. The Morgan fingerprint density at radius 2 is 1.82 bits per heavy atom. The van der Waals surface area contributed by atoms with Crippen LogP contribution in [-0.4, -0.2) is 56.7 Å². The van der Waals surface area contributed by atoms with Gasteiger partial charge in [-0.05, 0) is 25.3 Å². The maximum atomic E-state index is 11.7. The number of unbranched alkanes of at least 4 members (excludes halogenated alkanes) is 3. The van der Waals surface area contributed by atoms with Crippen LogP contribution in [-0.2, 0) is 9.53 Å². The number of hydrogen-bond donors (Lipinski definition) is 2. The molecular formula is C15H33Cl2N3O2. The van der Waals surface area contributed by atoms with E-state index >= 15 is 0 Å². The molecule has 0 aromatic rings. The lowest BCUT2D eigenvalue weighted by molar-refractivity contribution is -0.121. The Balaban J connectivity index is 0. The van der Waals surface area contributed by atoms with Crippen LogP contribution < -0.4 is 11.1 Å². The first-order chi connectivity index (χ1) is 9.72. The number of halogens is 2. The third-order valence-electron chi connectivity index (χ3n) is 3.68. The largest absolute Gasteiger partial charge is 0.379 e. The second-order valence-electron chi connectivity index (χ2n) is 5.78. The van der Waals surface area contributed by atoms with Crippen molar-refractivity contribution in [2.24, 2.45) is 11.7 Å². The lowest BCUT2D eigenvalue weighted by atomic mass is 10.1. The van der Waals surface area contributed by atoms with Crippen LogP contribution in [0.25, 0.3) is 0 Å². The number of morpholine rings is 1. The summed E-state index contributed by atoms with van der Waals surface area (Å²) in [5.74, 6) is 0.681. The van der Waals surface area contributed by atoms with Gasteiger partial charge in [-0.3, -0.25) is 9.69 Å². The number of nitrogens with one attached hydrogen (secondary N) is 1. The van der Waals surface area contributed by atoms with E-state index in [1.807, 2.05) is 0 Å². The van der Waals surface area contributed by atoms with Crippen LogP contribution in [0, 0.1) is 5.92 Å². The summed E-state index contributed by atoms with van der Waals surface area (Å²) in [5, 5.41) is 3.04. The van der Waals surface area contributed by atoms with Crippen LogP contribution in [0.2, 0.25) is 0 Å². The van der Waals surface area contributed by atoms with E-state index in [0.29, 0.717) is 12.3 Å². The molecule has 1 aliphatic heterocycles. The highest BCUT2D eigenvalue weighted by molar-refractivity contribution is 5.85. The molecule has 0 spiro atoms. The van der Waals surface area contributed by atoms with Crippen LogP contribution in [0.1, 0.15) is 39.0 Å². The summed E-state index contributed by atoms with van der Waals surface area (Å²) in [6.45, 7) is 8.46. The molecule has 0 aromatic heterocycles. The minimum atomic E-state index is 0. The maximum Gasteiger partial charge on any atom is 0.220 e. The van der Waals surface area contributed by atoms with Gasteiger partial charge in [0.1, 0.15) is 0 Å². The highest BCUT2D eigenvalue weighted by Gasteiger charge is 2.14. The number of carbonyl (C=O) groups excluding carboxylic acids is 1. The second-order valence-corrected chi connectivity index (χ2v) is 5.78. The monoisotopic (exact) mass is 357 g/mol. The Bertz CT molecular complexity index is 265. The molecular weight excluding hydrogens is 325 g/mol. The molecule has 0 radical (unpaired) electrons. The molecule has 134 valence electrons. The van der Waals surface area contributed by atoms with Gasteiger partial charge in [0.2, 0.25) is 5.91 Å². The van der Waals surface area contributed by atoms with Gasteiger partial charge in [-0.2, -0.15) is 0 Å². The van der Waals surface area contributed by atoms with Gasteiger partial charge in [0.25, 0.3) is 0 Å². The second kappa shape index (κ2) is 15.8. The molecule has 7 heteroatoms. The lowest BCUT2D eigenvalue weighted by Gasteiger charge is -2.29. The van der Waals surface area contributed by atoms with Gasteiger partial charge in [0, 0.05) is 32.6 Å². The summed E-state index contributed by atoms with van der Waals surface area (Å²) in [6.07, 6.45) is 4.93. The van der Waals surface area contributed by atoms with Gasteiger partial charge in [0.05, 0.1) is 13.2 Å². The molecule has 0 aromatic carbocycles. The van der Waals surface area contributed by atoms with Crippen LogP contribution >= 0.6 is 24.8 Å². The Kier molecular flexibility index (Phi) is 17.4. The van der Waals surface area contributed by atoms with Gasteiger partial charge < -0.3 is 15.8 Å². The van der Waals surface area contributed by atoms with Crippen LogP contribution in [0.3, 0.4) is 0 Å². The minimum absolute atomic E-state index is 0. The van der Waals surface area contributed by atoms with E-state index in [4.69, 9.17) is 10.5 Å². The number of rotatable bonds is 10. The molecule has 1 atom stereocenters. The summed E-state index contributed by atoms with van der Waals surface area (Å²) in [5.41, 5.74) is 5.44. The third-order valence-corrected chi connectivity index (χ3v) is 3.68. The van der Waals surface area contributed by atoms with Gasteiger partial charge in [0.15, 0.2) is 0 Å². The fraction of sp³-hybridized carbons (Fsp3) is 0.933. The first kappa shape index (κ1) is 24.2. The molecule has 1 saturated heterocycles. The van der Waals surface area contributed by atoms with Gasteiger partial charge in [-0.15, -0.1) is 24.8 Å². The lowest BCUT2D eigenvalue weighted by Crippen LogP contribution is -2.41. The van der Waals surface area contributed by atoms with E-state index in [9.17, 15) is 4.79 Å². The quantitative estimate of drug-likeness (QED) is 0.585. The van der Waals surface area contributed by atoms with E-state index in [2.05, 4.69) is 17.1 Å². The molecule has 0 saturated carbocycles. The standard InChI is InChI=1S/C15H31N3O2.2ClH/c1-14(13-18-8-10-20-11-9-18)12-17-15(19)6-4-2-3-5-7-16;;/h14H,2-13,16H2,1H3,(H,17,19);2*1H. The number of nitrogens with zero attached hydrogens (tertiary/aromatic N) is 1. The molecule has 1 unspecified atom stereocenters. The van der Waals surface area contributed by atoms with Crippen LogP contribution in [0.15, 0.2) is 0 Å². The SMILES string of the molecule is CC(CNC(=O)CCCCCCN)CN1CCOCC1.Cl.Cl. The number of nitrogens with two attached hydrogens (primary N) is 1. The molecule has 1 rings (SSSR count). The molecule has 1 fully saturated rings. The van der Waals surface area contributed by atoms with Crippen molar-refractivity contribution < 1.29 is 9.53 Å². The van der Waals surface area contributed by atoms with Crippen LogP contribution in [0.4, 0.5) is 0 Å². The number of hydrogen-bond acceptors (Lipinski definition) is 4. The van der Waals surface area contributed by atoms with Crippen LogP contribution in [0.5, 0.6) is 0 Å². The number of carbonyl (C=O) groups is 1. The van der Waals surface area contributed by atoms with Crippen molar-refractivity contribution in [1.82, 2.24) is 10.2 Å². The fourth-order valence-electron chi connectivity index (χ4n) is 2.45. The Morgan fingerprint density at radius 3 is 2.45 bits per heavy atom. The fourth-order valence-corrected chi connectivity index (χ4v) is 2.45. The Morgan fingerprint density at radius 1 is 1.18 bits per heavy atom. The van der Waals surface area contributed by atoms with E-state index in [1.54, 1.807) is 0 Å². The van der Waals surface area contributed by atoms with Gasteiger partial charge in [-0.25, -0.2) is 0 Å².